The molecule has 3 rings (SSSR count). The Labute approximate surface area is 133 Å². The van der Waals surface area contributed by atoms with E-state index < -0.39 is 0 Å². The monoisotopic (exact) mass is 343 g/mol. The van der Waals surface area contributed by atoms with Crippen LogP contribution in [0.1, 0.15) is 18.9 Å². The maximum atomic E-state index is 5.69. The maximum Gasteiger partial charge on any atom is 0.120 e. The summed E-state index contributed by atoms with van der Waals surface area (Å²) in [4.78, 5) is 0. The number of aromatic nitrogens is 1. The van der Waals surface area contributed by atoms with Crippen molar-refractivity contribution in [3.8, 4) is 5.75 Å². The third-order valence-corrected chi connectivity index (χ3v) is 3.95. The van der Waals surface area contributed by atoms with Gasteiger partial charge in [-0.05, 0) is 48.4 Å². The topological polar surface area (TPSA) is 14.2 Å². The smallest absolute Gasteiger partial charge is 0.120 e. The number of rotatable bonds is 5. The fourth-order valence-corrected chi connectivity index (χ4v) is 2.90. The Hall–Kier alpha value is -1.74. The van der Waals surface area contributed by atoms with E-state index in [0.717, 1.165) is 29.8 Å². The zero-order chi connectivity index (χ0) is 14.7. The van der Waals surface area contributed by atoms with E-state index >= 15 is 0 Å². The Bertz CT molecular complexity index is 748. The Kier molecular flexibility index (Phi) is 4.30. The lowest BCUT2D eigenvalue weighted by atomic mass is 10.2. The van der Waals surface area contributed by atoms with E-state index in [9.17, 15) is 0 Å². The van der Waals surface area contributed by atoms with Gasteiger partial charge in [0.05, 0.1) is 6.61 Å². The van der Waals surface area contributed by atoms with E-state index in [2.05, 4.69) is 82.1 Å². The molecule has 3 aromatic rings. The highest BCUT2D eigenvalue weighted by molar-refractivity contribution is 9.10. The molecule has 3 heteroatoms. The molecule has 2 nitrogen and oxygen atoms in total. The van der Waals surface area contributed by atoms with Crippen molar-refractivity contribution in [2.24, 2.45) is 0 Å². The van der Waals surface area contributed by atoms with Gasteiger partial charge in [0.15, 0.2) is 0 Å². The van der Waals surface area contributed by atoms with Gasteiger partial charge in [-0.1, -0.05) is 35.0 Å². The molecule has 21 heavy (non-hydrogen) atoms. The lowest BCUT2D eigenvalue weighted by molar-refractivity contribution is 0.318. The summed E-state index contributed by atoms with van der Waals surface area (Å²) >= 11 is 3.52. The second-order valence-corrected chi connectivity index (χ2v) is 6.06. The Morgan fingerprint density at radius 1 is 1.10 bits per heavy atom. The van der Waals surface area contributed by atoms with Crippen molar-refractivity contribution in [1.82, 2.24) is 4.57 Å². The van der Waals surface area contributed by atoms with Crippen LogP contribution in [0.3, 0.4) is 0 Å². The molecule has 0 aliphatic carbocycles. The molecule has 0 amide bonds. The molecule has 0 aliphatic heterocycles. The molecule has 108 valence electrons. The molecule has 1 heterocycles. The highest BCUT2D eigenvalue weighted by Crippen LogP contribution is 2.23. The average molecular weight is 344 g/mol. The van der Waals surface area contributed by atoms with Gasteiger partial charge in [-0.3, -0.25) is 0 Å². The largest absolute Gasteiger partial charge is 0.494 e. The first-order chi connectivity index (χ1) is 10.3. The van der Waals surface area contributed by atoms with Gasteiger partial charge in [0.25, 0.3) is 0 Å². The van der Waals surface area contributed by atoms with Gasteiger partial charge < -0.3 is 9.30 Å². The van der Waals surface area contributed by atoms with Gasteiger partial charge >= 0.3 is 0 Å². The predicted molar refractivity (Wildman–Crippen MR) is 91.0 cm³/mol. The summed E-state index contributed by atoms with van der Waals surface area (Å²) in [6.07, 6.45) is 3.16. The number of hydrogen-bond acceptors (Lipinski definition) is 1. The summed E-state index contributed by atoms with van der Waals surface area (Å²) in [5.41, 5.74) is 2.52. The second-order valence-electron chi connectivity index (χ2n) is 5.14. The number of halogens is 1. The van der Waals surface area contributed by atoms with Crippen LogP contribution in [0.2, 0.25) is 0 Å². The minimum atomic E-state index is 0.768. The molecule has 0 radical (unpaired) electrons. The second kappa shape index (κ2) is 6.35. The minimum Gasteiger partial charge on any atom is -0.494 e. The molecule has 2 aromatic carbocycles. The first kappa shape index (κ1) is 14.2. The number of hydrogen-bond donors (Lipinski definition) is 0. The third kappa shape index (κ3) is 3.30. The first-order valence-electron chi connectivity index (χ1n) is 7.22. The molecule has 0 unspecified atom stereocenters. The van der Waals surface area contributed by atoms with Crippen LogP contribution in [0.25, 0.3) is 10.9 Å². The van der Waals surface area contributed by atoms with E-state index in [1.807, 2.05) is 0 Å². The zero-order valence-corrected chi connectivity index (χ0v) is 13.6. The van der Waals surface area contributed by atoms with Gasteiger partial charge in [-0.2, -0.15) is 0 Å². The SMILES string of the molecule is CCCOc1ccc2c(ccn2Cc2cccc(Br)c2)c1. The van der Waals surface area contributed by atoms with Crippen molar-refractivity contribution in [2.45, 2.75) is 19.9 Å². The molecule has 0 saturated carbocycles. The quantitative estimate of drug-likeness (QED) is 0.617. The maximum absolute atomic E-state index is 5.69. The molecule has 0 aliphatic rings. The van der Waals surface area contributed by atoms with Gasteiger partial charge in [0, 0.05) is 28.1 Å². The van der Waals surface area contributed by atoms with Crippen molar-refractivity contribution >= 4 is 26.8 Å². The summed E-state index contributed by atoms with van der Waals surface area (Å²) in [7, 11) is 0. The van der Waals surface area contributed by atoms with E-state index in [4.69, 9.17) is 4.74 Å². The Morgan fingerprint density at radius 3 is 2.81 bits per heavy atom. The molecular formula is C18H18BrNO. The van der Waals surface area contributed by atoms with Gasteiger partial charge in [0.1, 0.15) is 5.75 Å². The van der Waals surface area contributed by atoms with Crippen molar-refractivity contribution in [1.29, 1.82) is 0 Å². The standard InChI is InChI=1S/C18H18BrNO/c1-2-10-21-17-6-7-18-15(12-17)8-9-20(18)13-14-4-3-5-16(19)11-14/h3-9,11-12H,2,10,13H2,1H3. The van der Waals surface area contributed by atoms with Crippen LogP contribution in [-0.4, -0.2) is 11.2 Å². The molecule has 0 fully saturated rings. The average Bonchev–Trinajstić information content (AvgIpc) is 2.87. The predicted octanol–water partition coefficient (Wildman–Crippen LogP) is 5.24. The fourth-order valence-electron chi connectivity index (χ4n) is 2.46. The van der Waals surface area contributed by atoms with Crippen LogP contribution in [0.15, 0.2) is 59.2 Å². The van der Waals surface area contributed by atoms with Gasteiger partial charge in [-0.15, -0.1) is 0 Å². The van der Waals surface area contributed by atoms with Gasteiger partial charge in [0.2, 0.25) is 0 Å². The van der Waals surface area contributed by atoms with Crippen molar-refractivity contribution < 1.29 is 4.74 Å². The van der Waals surface area contributed by atoms with Crippen LogP contribution in [0.4, 0.5) is 0 Å². The normalized spacial score (nSPS) is 11.0. The van der Waals surface area contributed by atoms with Crippen LogP contribution < -0.4 is 4.74 Å². The van der Waals surface area contributed by atoms with Crippen LogP contribution in [0.5, 0.6) is 5.75 Å². The van der Waals surface area contributed by atoms with E-state index in [1.165, 1.54) is 16.5 Å². The van der Waals surface area contributed by atoms with E-state index in [-0.39, 0.29) is 0 Å². The van der Waals surface area contributed by atoms with Crippen LogP contribution >= 0.6 is 15.9 Å². The Balaban J connectivity index is 1.86. The van der Waals surface area contributed by atoms with Crippen molar-refractivity contribution in [3.63, 3.8) is 0 Å². The fraction of sp³-hybridized carbons (Fsp3) is 0.222. The third-order valence-electron chi connectivity index (χ3n) is 3.46. The summed E-state index contributed by atoms with van der Waals surface area (Å²) in [6, 6.07) is 16.9. The summed E-state index contributed by atoms with van der Waals surface area (Å²) < 4.78 is 9.07. The molecule has 0 saturated heterocycles. The number of benzene rings is 2. The highest BCUT2D eigenvalue weighted by atomic mass is 79.9. The first-order valence-corrected chi connectivity index (χ1v) is 8.01. The Morgan fingerprint density at radius 2 is 2.00 bits per heavy atom. The molecule has 0 spiro atoms. The van der Waals surface area contributed by atoms with Crippen molar-refractivity contribution in [2.75, 3.05) is 6.61 Å². The lowest BCUT2D eigenvalue weighted by Crippen LogP contribution is -1.98. The van der Waals surface area contributed by atoms with Gasteiger partial charge in [-0.25, -0.2) is 0 Å². The molecule has 0 N–H and O–H groups in total. The summed E-state index contributed by atoms with van der Waals surface area (Å²) in [5, 5.41) is 1.22. The lowest BCUT2D eigenvalue weighted by Gasteiger charge is -2.08. The summed E-state index contributed by atoms with van der Waals surface area (Å²) in [5.74, 6) is 0.949. The van der Waals surface area contributed by atoms with E-state index in [1.54, 1.807) is 0 Å². The van der Waals surface area contributed by atoms with Crippen molar-refractivity contribution in [3.05, 3.63) is 64.8 Å². The number of nitrogens with zero attached hydrogens (tertiary/aromatic N) is 1. The molecule has 0 bridgehead atoms. The highest BCUT2D eigenvalue weighted by Gasteiger charge is 2.04. The zero-order valence-electron chi connectivity index (χ0n) is 12.1. The summed E-state index contributed by atoms with van der Waals surface area (Å²) in [6.45, 7) is 3.76. The molecular weight excluding hydrogens is 326 g/mol. The van der Waals surface area contributed by atoms with Crippen LogP contribution in [-0.2, 0) is 6.54 Å². The number of fused-ring (bicyclic) bond motifs is 1. The minimum absolute atomic E-state index is 0.768. The van der Waals surface area contributed by atoms with E-state index in [0.29, 0.717) is 0 Å². The molecule has 0 atom stereocenters. The number of ether oxygens (including phenoxy) is 1. The van der Waals surface area contributed by atoms with Crippen LogP contribution in [0, 0.1) is 0 Å². The molecule has 1 aromatic heterocycles.